The maximum absolute atomic E-state index is 8.36. The zero-order valence-electron chi connectivity index (χ0n) is 11.7. The van der Waals surface area contributed by atoms with Crippen LogP contribution in [0.2, 0.25) is 0 Å². The van der Waals surface area contributed by atoms with Crippen molar-refractivity contribution in [3.63, 3.8) is 0 Å². The van der Waals surface area contributed by atoms with Crippen molar-refractivity contribution in [2.24, 2.45) is 7.05 Å². The summed E-state index contributed by atoms with van der Waals surface area (Å²) in [5, 5.41) is 11.1. The van der Waals surface area contributed by atoms with Crippen LogP contribution < -0.4 is 0 Å². The Balaban J connectivity index is 0.000000497. The highest BCUT2D eigenvalue weighted by molar-refractivity contribution is 5.48. The van der Waals surface area contributed by atoms with E-state index in [1.807, 2.05) is 25.6 Å². The molecule has 3 rings (SSSR count). The highest BCUT2D eigenvalue weighted by Crippen LogP contribution is 2.23. The number of aromatic nitrogens is 6. The summed E-state index contributed by atoms with van der Waals surface area (Å²) in [5.41, 5.74) is 2.06. The van der Waals surface area contributed by atoms with E-state index in [1.54, 1.807) is 23.4 Å². The Morgan fingerprint density at radius 2 is 2.19 bits per heavy atom. The molecule has 110 valence electrons. The lowest BCUT2D eigenvalue weighted by atomic mass is 10.2. The van der Waals surface area contributed by atoms with Gasteiger partial charge in [-0.15, -0.1) is 0 Å². The van der Waals surface area contributed by atoms with Crippen molar-refractivity contribution in [2.45, 2.75) is 13.0 Å². The zero-order valence-corrected chi connectivity index (χ0v) is 11.7. The molecule has 8 nitrogen and oxygen atoms in total. The smallest absolute Gasteiger partial charge is 0.290 e. The Hall–Kier alpha value is -2.90. The number of H-pyrrole nitrogens is 1. The third kappa shape index (κ3) is 3.16. The summed E-state index contributed by atoms with van der Waals surface area (Å²) in [6, 6.07) is 0.180. The molecular weight excluding hydrogens is 272 g/mol. The molecule has 0 aromatic carbocycles. The molecule has 0 radical (unpaired) electrons. The van der Waals surface area contributed by atoms with E-state index in [2.05, 4.69) is 31.5 Å². The minimum Gasteiger partial charge on any atom is -0.483 e. The molecule has 2 N–H and O–H groups in total. The predicted octanol–water partition coefficient (Wildman–Crippen LogP) is 1.32. The quantitative estimate of drug-likeness (QED) is 0.708. The molecule has 3 aromatic heterocycles. The summed E-state index contributed by atoms with van der Waals surface area (Å²) in [6.45, 7) is 1.87. The molecule has 0 saturated carbocycles. The Kier molecular flexibility index (Phi) is 4.50. The third-order valence-corrected chi connectivity index (χ3v) is 3.03. The second kappa shape index (κ2) is 6.51. The first kappa shape index (κ1) is 14.5. The number of rotatable bonds is 3. The van der Waals surface area contributed by atoms with Gasteiger partial charge in [-0.3, -0.25) is 9.48 Å². The van der Waals surface area contributed by atoms with E-state index < -0.39 is 0 Å². The summed E-state index contributed by atoms with van der Waals surface area (Å²) in [6.07, 6.45) is 11.1. The molecule has 0 aliphatic rings. The average molecular weight is 288 g/mol. The Bertz CT molecular complexity index is 685. The summed E-state index contributed by atoms with van der Waals surface area (Å²) >= 11 is 0. The van der Waals surface area contributed by atoms with Crippen LogP contribution in [0.5, 0.6) is 0 Å². The summed E-state index contributed by atoms with van der Waals surface area (Å²) in [5.74, 6) is 0.879. The van der Waals surface area contributed by atoms with Crippen LogP contribution in [0.4, 0.5) is 0 Å². The number of carboxylic acid groups (broad SMARTS) is 1. The highest BCUT2D eigenvalue weighted by atomic mass is 16.3. The van der Waals surface area contributed by atoms with Crippen molar-refractivity contribution in [3.8, 4) is 11.5 Å². The normalized spacial score (nSPS) is 11.5. The first-order valence-electron chi connectivity index (χ1n) is 6.25. The maximum atomic E-state index is 8.36. The standard InChI is InChI=1S/C12H14N6.CH2O2/c1-9(10-5-16-17(2)7-10)18-4-3-14-12(18)11-6-13-8-15-11;2-1-3/h3-9H,1-2H3,(H,13,15);1H,(H,2,3). The number of carbonyl (C=O) groups is 1. The van der Waals surface area contributed by atoms with Crippen molar-refractivity contribution < 1.29 is 9.90 Å². The molecule has 1 atom stereocenters. The molecule has 3 aromatic rings. The van der Waals surface area contributed by atoms with E-state index in [0.29, 0.717) is 0 Å². The van der Waals surface area contributed by atoms with Gasteiger partial charge in [0, 0.05) is 31.2 Å². The van der Waals surface area contributed by atoms with Gasteiger partial charge in [-0.2, -0.15) is 5.10 Å². The van der Waals surface area contributed by atoms with Gasteiger partial charge >= 0.3 is 0 Å². The molecule has 21 heavy (non-hydrogen) atoms. The minimum absolute atomic E-state index is 0.180. The third-order valence-electron chi connectivity index (χ3n) is 3.03. The first-order valence-corrected chi connectivity index (χ1v) is 6.25. The zero-order chi connectivity index (χ0) is 15.2. The van der Waals surface area contributed by atoms with Crippen LogP contribution in [0, 0.1) is 0 Å². The molecule has 1 unspecified atom stereocenters. The molecule has 3 heterocycles. The fraction of sp³-hybridized carbons (Fsp3) is 0.231. The van der Waals surface area contributed by atoms with Gasteiger partial charge < -0.3 is 14.7 Å². The molecular formula is C13H16N6O2. The molecule has 8 heteroatoms. The van der Waals surface area contributed by atoms with Crippen LogP contribution >= 0.6 is 0 Å². The first-order chi connectivity index (χ1) is 10.2. The van der Waals surface area contributed by atoms with E-state index in [4.69, 9.17) is 9.90 Å². The average Bonchev–Trinajstić information content (AvgIpc) is 3.19. The van der Waals surface area contributed by atoms with Gasteiger partial charge in [0.05, 0.1) is 24.8 Å². The predicted molar refractivity (Wildman–Crippen MR) is 75.5 cm³/mol. The number of aromatic amines is 1. The number of nitrogens with one attached hydrogen (secondary N) is 1. The topological polar surface area (TPSA) is 102 Å². The van der Waals surface area contributed by atoms with Gasteiger partial charge in [0.1, 0.15) is 5.69 Å². The Morgan fingerprint density at radius 3 is 2.76 bits per heavy atom. The molecule has 0 aliphatic heterocycles. The van der Waals surface area contributed by atoms with Crippen molar-refractivity contribution in [1.82, 2.24) is 29.3 Å². The molecule has 0 spiro atoms. The van der Waals surface area contributed by atoms with Crippen LogP contribution in [0.3, 0.4) is 0 Å². The van der Waals surface area contributed by atoms with Crippen LogP contribution in [0.1, 0.15) is 18.5 Å². The second-order valence-electron chi connectivity index (χ2n) is 4.35. The van der Waals surface area contributed by atoms with Crippen LogP contribution in [-0.2, 0) is 11.8 Å². The minimum atomic E-state index is -0.250. The van der Waals surface area contributed by atoms with E-state index in [1.165, 1.54) is 0 Å². The fourth-order valence-electron chi connectivity index (χ4n) is 2.03. The summed E-state index contributed by atoms with van der Waals surface area (Å²) in [7, 11) is 1.92. The van der Waals surface area contributed by atoms with Gasteiger partial charge in [-0.25, -0.2) is 9.97 Å². The van der Waals surface area contributed by atoms with Crippen LogP contribution in [0.25, 0.3) is 11.5 Å². The number of nitrogens with zero attached hydrogens (tertiary/aromatic N) is 5. The fourth-order valence-corrected chi connectivity index (χ4v) is 2.03. The number of hydrogen-bond donors (Lipinski definition) is 2. The second-order valence-corrected chi connectivity index (χ2v) is 4.35. The van der Waals surface area contributed by atoms with Crippen molar-refractivity contribution in [1.29, 1.82) is 0 Å². The molecule has 0 bridgehead atoms. The number of hydrogen-bond acceptors (Lipinski definition) is 4. The lowest BCUT2D eigenvalue weighted by Gasteiger charge is -2.14. The van der Waals surface area contributed by atoms with E-state index in [-0.39, 0.29) is 12.5 Å². The van der Waals surface area contributed by atoms with Crippen LogP contribution in [0.15, 0.2) is 37.3 Å². The Morgan fingerprint density at radius 1 is 1.43 bits per heavy atom. The van der Waals surface area contributed by atoms with E-state index in [9.17, 15) is 0 Å². The van der Waals surface area contributed by atoms with Crippen LogP contribution in [-0.4, -0.2) is 40.9 Å². The molecule has 0 fully saturated rings. The van der Waals surface area contributed by atoms with Gasteiger partial charge in [0.15, 0.2) is 5.82 Å². The van der Waals surface area contributed by atoms with Gasteiger partial charge in [-0.1, -0.05) is 0 Å². The lowest BCUT2D eigenvalue weighted by molar-refractivity contribution is -0.122. The van der Waals surface area contributed by atoms with Gasteiger partial charge in [0.2, 0.25) is 0 Å². The number of imidazole rings is 2. The lowest BCUT2D eigenvalue weighted by Crippen LogP contribution is -2.07. The number of aryl methyl sites for hydroxylation is 1. The van der Waals surface area contributed by atoms with Gasteiger partial charge in [0.25, 0.3) is 6.47 Å². The summed E-state index contributed by atoms with van der Waals surface area (Å²) < 4.78 is 3.91. The van der Waals surface area contributed by atoms with E-state index in [0.717, 1.165) is 17.1 Å². The molecule has 0 aliphatic carbocycles. The highest BCUT2D eigenvalue weighted by Gasteiger charge is 2.15. The van der Waals surface area contributed by atoms with Crippen molar-refractivity contribution in [2.75, 3.05) is 0 Å². The SMILES string of the molecule is CC(c1cnn(C)c1)n1ccnc1-c1cnc[nH]1.O=CO. The summed E-state index contributed by atoms with van der Waals surface area (Å²) in [4.78, 5) is 19.8. The molecule has 0 saturated heterocycles. The van der Waals surface area contributed by atoms with E-state index >= 15 is 0 Å². The maximum Gasteiger partial charge on any atom is 0.290 e. The van der Waals surface area contributed by atoms with Crippen molar-refractivity contribution in [3.05, 3.63) is 42.9 Å². The Labute approximate surface area is 121 Å². The van der Waals surface area contributed by atoms with Gasteiger partial charge in [-0.05, 0) is 6.92 Å². The van der Waals surface area contributed by atoms with Crippen molar-refractivity contribution >= 4 is 6.47 Å². The monoisotopic (exact) mass is 288 g/mol. The largest absolute Gasteiger partial charge is 0.483 e. The molecule has 0 amide bonds.